The summed E-state index contributed by atoms with van der Waals surface area (Å²) in [6.07, 6.45) is 1.88. The standard InChI is InChI=1S/C22H26N4O2/c27-21-15-5-1-7-17-19(15)22(28)20-16(21)6-2-8-18(20)26-12-4-10-24-14-13-23-9-3-11-25-17/h1-2,5-8,23-26H,3-4,9-14H2. The monoisotopic (exact) mass is 378 g/mol. The molecule has 6 nitrogen and oxygen atoms in total. The molecule has 0 fully saturated rings. The van der Waals surface area contributed by atoms with Gasteiger partial charge in [-0.25, -0.2) is 0 Å². The summed E-state index contributed by atoms with van der Waals surface area (Å²) in [5.74, 6) is -0.172. The number of benzene rings is 2. The van der Waals surface area contributed by atoms with E-state index in [2.05, 4.69) is 21.3 Å². The Hall–Kier alpha value is -2.70. The largest absolute Gasteiger partial charge is 0.384 e. The van der Waals surface area contributed by atoms with Crippen molar-refractivity contribution in [2.75, 3.05) is 49.9 Å². The molecular weight excluding hydrogens is 352 g/mol. The van der Waals surface area contributed by atoms with Crippen LogP contribution in [-0.2, 0) is 0 Å². The molecule has 2 aromatic rings. The molecule has 0 atom stereocenters. The van der Waals surface area contributed by atoms with E-state index in [1.54, 1.807) is 12.1 Å². The van der Waals surface area contributed by atoms with Gasteiger partial charge in [-0.3, -0.25) is 9.59 Å². The topological polar surface area (TPSA) is 82.3 Å². The molecule has 4 N–H and O–H groups in total. The number of carbonyl (C=O) groups excluding carboxylic acids is 2. The Morgan fingerprint density at radius 1 is 0.571 bits per heavy atom. The summed E-state index contributed by atoms with van der Waals surface area (Å²) in [6, 6.07) is 10.9. The van der Waals surface area contributed by atoms with Gasteiger partial charge in [-0.1, -0.05) is 24.3 Å². The molecule has 2 bridgehead atoms. The molecule has 1 heterocycles. The van der Waals surface area contributed by atoms with Crippen molar-refractivity contribution in [1.82, 2.24) is 10.6 Å². The van der Waals surface area contributed by atoms with Gasteiger partial charge in [0.15, 0.2) is 11.6 Å². The highest BCUT2D eigenvalue weighted by molar-refractivity contribution is 6.31. The van der Waals surface area contributed by atoms with Gasteiger partial charge < -0.3 is 21.3 Å². The molecule has 1 aliphatic heterocycles. The van der Waals surface area contributed by atoms with E-state index in [1.165, 1.54) is 0 Å². The minimum absolute atomic E-state index is 0.0850. The van der Waals surface area contributed by atoms with Gasteiger partial charge in [0, 0.05) is 48.7 Å². The normalized spacial score (nSPS) is 18.0. The summed E-state index contributed by atoms with van der Waals surface area (Å²) in [5.41, 5.74) is 3.44. The fourth-order valence-electron chi connectivity index (χ4n) is 3.84. The van der Waals surface area contributed by atoms with Crippen LogP contribution in [-0.4, -0.2) is 50.8 Å². The molecule has 2 aliphatic rings. The summed E-state index contributed by atoms with van der Waals surface area (Å²) in [6.45, 7) is 5.17. The smallest absolute Gasteiger partial charge is 0.198 e. The molecule has 0 unspecified atom stereocenters. The Morgan fingerprint density at radius 2 is 1.07 bits per heavy atom. The number of rotatable bonds is 0. The minimum atomic E-state index is -0.0867. The number of hydrogen-bond acceptors (Lipinski definition) is 6. The summed E-state index contributed by atoms with van der Waals surface area (Å²) >= 11 is 0. The fourth-order valence-corrected chi connectivity index (χ4v) is 3.84. The van der Waals surface area contributed by atoms with Gasteiger partial charge in [0.05, 0.1) is 11.1 Å². The van der Waals surface area contributed by atoms with Crippen LogP contribution in [0, 0.1) is 0 Å². The zero-order valence-corrected chi connectivity index (χ0v) is 15.9. The van der Waals surface area contributed by atoms with E-state index >= 15 is 0 Å². The van der Waals surface area contributed by atoms with E-state index in [0.717, 1.165) is 63.5 Å². The SMILES string of the molecule is O=C1c2cccc3c2C(=O)c2c(cccc21)NCCCNCCNCCCN3. The van der Waals surface area contributed by atoms with Crippen LogP contribution in [0.15, 0.2) is 36.4 Å². The summed E-state index contributed by atoms with van der Waals surface area (Å²) in [5, 5.41) is 13.6. The van der Waals surface area contributed by atoms with Crippen molar-refractivity contribution in [3.63, 3.8) is 0 Å². The number of hydrogen-bond donors (Lipinski definition) is 4. The third-order valence-corrected chi connectivity index (χ3v) is 5.24. The van der Waals surface area contributed by atoms with Crippen molar-refractivity contribution >= 4 is 22.9 Å². The lowest BCUT2D eigenvalue weighted by atomic mass is 9.82. The quantitative estimate of drug-likeness (QED) is 0.480. The molecule has 4 rings (SSSR count). The van der Waals surface area contributed by atoms with Gasteiger partial charge in [0.1, 0.15) is 0 Å². The average Bonchev–Trinajstić information content (AvgIpc) is 2.72. The molecule has 2 aromatic carbocycles. The van der Waals surface area contributed by atoms with Crippen molar-refractivity contribution in [3.8, 4) is 0 Å². The summed E-state index contributed by atoms with van der Waals surface area (Å²) in [4.78, 5) is 26.5. The Kier molecular flexibility index (Phi) is 5.69. The molecule has 6 heteroatoms. The van der Waals surface area contributed by atoms with Crippen LogP contribution < -0.4 is 21.3 Å². The molecule has 0 saturated carbocycles. The Morgan fingerprint density at radius 3 is 1.57 bits per heavy atom. The maximum atomic E-state index is 13.4. The summed E-state index contributed by atoms with van der Waals surface area (Å²) < 4.78 is 0. The lowest BCUT2D eigenvalue weighted by Gasteiger charge is -2.23. The number of carbonyl (C=O) groups is 2. The van der Waals surface area contributed by atoms with Gasteiger partial charge >= 0.3 is 0 Å². The van der Waals surface area contributed by atoms with E-state index in [-0.39, 0.29) is 11.6 Å². The zero-order valence-electron chi connectivity index (χ0n) is 15.9. The fraction of sp³-hybridized carbons (Fsp3) is 0.364. The minimum Gasteiger partial charge on any atom is -0.384 e. The second-order valence-electron chi connectivity index (χ2n) is 7.18. The molecule has 0 radical (unpaired) electrons. The molecule has 28 heavy (non-hydrogen) atoms. The van der Waals surface area contributed by atoms with Crippen LogP contribution in [0.4, 0.5) is 11.4 Å². The van der Waals surface area contributed by atoms with Gasteiger partial charge in [-0.15, -0.1) is 0 Å². The molecule has 1 aliphatic carbocycles. The van der Waals surface area contributed by atoms with E-state index < -0.39 is 0 Å². The third-order valence-electron chi connectivity index (χ3n) is 5.24. The van der Waals surface area contributed by atoms with Crippen LogP contribution in [0.3, 0.4) is 0 Å². The average molecular weight is 378 g/mol. The van der Waals surface area contributed by atoms with Crippen LogP contribution in [0.1, 0.15) is 44.7 Å². The Bertz CT molecular complexity index is 825. The van der Waals surface area contributed by atoms with Gasteiger partial charge in [-0.2, -0.15) is 0 Å². The van der Waals surface area contributed by atoms with Crippen LogP contribution in [0.2, 0.25) is 0 Å². The van der Waals surface area contributed by atoms with Crippen LogP contribution >= 0.6 is 0 Å². The van der Waals surface area contributed by atoms with Crippen molar-refractivity contribution in [3.05, 3.63) is 58.7 Å². The Labute approximate surface area is 165 Å². The second kappa shape index (κ2) is 8.54. The molecule has 0 saturated heterocycles. The first-order valence-corrected chi connectivity index (χ1v) is 10.0. The van der Waals surface area contributed by atoms with Crippen LogP contribution in [0.5, 0.6) is 0 Å². The Balaban J connectivity index is 1.72. The third kappa shape index (κ3) is 3.66. The number of ketones is 2. The molecular formula is C22H26N4O2. The first-order chi connectivity index (χ1) is 13.8. The number of anilines is 2. The predicted molar refractivity (Wildman–Crippen MR) is 112 cm³/mol. The maximum absolute atomic E-state index is 13.4. The van der Waals surface area contributed by atoms with Crippen LogP contribution in [0.25, 0.3) is 0 Å². The van der Waals surface area contributed by atoms with Gasteiger partial charge in [-0.05, 0) is 38.1 Å². The lowest BCUT2D eigenvalue weighted by molar-refractivity contribution is 0.0980. The van der Waals surface area contributed by atoms with E-state index in [9.17, 15) is 9.59 Å². The first-order valence-electron chi connectivity index (χ1n) is 10.0. The van der Waals surface area contributed by atoms with Gasteiger partial charge in [0.25, 0.3) is 0 Å². The first kappa shape index (κ1) is 18.7. The maximum Gasteiger partial charge on any atom is 0.198 e. The van der Waals surface area contributed by atoms with Crippen molar-refractivity contribution in [2.45, 2.75) is 12.8 Å². The van der Waals surface area contributed by atoms with Crippen molar-refractivity contribution in [1.29, 1.82) is 0 Å². The van der Waals surface area contributed by atoms with Gasteiger partial charge in [0.2, 0.25) is 0 Å². The number of nitrogens with one attached hydrogen (secondary N) is 4. The molecule has 0 amide bonds. The van der Waals surface area contributed by atoms with E-state index in [4.69, 9.17) is 0 Å². The molecule has 0 aromatic heterocycles. The molecule has 146 valence electrons. The van der Waals surface area contributed by atoms with E-state index in [1.807, 2.05) is 24.3 Å². The highest BCUT2D eigenvalue weighted by Crippen LogP contribution is 2.35. The lowest BCUT2D eigenvalue weighted by Crippen LogP contribution is -2.29. The predicted octanol–water partition coefficient (Wildman–Crippen LogP) is 2.26. The highest BCUT2D eigenvalue weighted by Gasteiger charge is 2.33. The summed E-state index contributed by atoms with van der Waals surface area (Å²) in [7, 11) is 0. The molecule has 0 spiro atoms. The highest BCUT2D eigenvalue weighted by atomic mass is 16.1. The second-order valence-corrected chi connectivity index (χ2v) is 7.18. The van der Waals surface area contributed by atoms with Crippen molar-refractivity contribution in [2.24, 2.45) is 0 Å². The van der Waals surface area contributed by atoms with Crippen molar-refractivity contribution < 1.29 is 9.59 Å². The zero-order chi connectivity index (χ0) is 19.3. The van der Waals surface area contributed by atoms with E-state index in [0.29, 0.717) is 22.3 Å².